The highest BCUT2D eigenvalue weighted by Gasteiger charge is 2.35. The van der Waals surface area contributed by atoms with Gasteiger partial charge in [-0.25, -0.2) is 0 Å². The fraction of sp³-hybridized carbons (Fsp3) is 0. The Bertz CT molecular complexity index is 2790. The second-order valence-electron chi connectivity index (χ2n) is 14.4. The Morgan fingerprint density at radius 1 is 0.327 bits per heavy atom. The summed E-state index contributed by atoms with van der Waals surface area (Å²) in [4.78, 5) is 4.85. The van der Waals surface area contributed by atoms with Crippen LogP contribution in [0.3, 0.4) is 0 Å². The molecule has 0 amide bonds. The number of nitrogens with zero attached hydrogens (tertiary/aromatic N) is 2. The lowest BCUT2D eigenvalue weighted by Crippen LogP contribution is -2.48. The van der Waals surface area contributed by atoms with Gasteiger partial charge in [-0.1, -0.05) is 174 Å². The molecule has 0 fully saturated rings. The molecule has 0 spiro atoms. The van der Waals surface area contributed by atoms with Crippen molar-refractivity contribution in [3.63, 3.8) is 0 Å². The van der Waals surface area contributed by atoms with Crippen LogP contribution in [0.4, 0.5) is 34.1 Å². The number of para-hydroxylation sites is 4. The number of rotatable bonds is 7. The van der Waals surface area contributed by atoms with Crippen molar-refractivity contribution in [3.05, 3.63) is 212 Å². The summed E-state index contributed by atoms with van der Waals surface area (Å²) in [5, 5.41) is 7.59. The summed E-state index contributed by atoms with van der Waals surface area (Å²) in [7, 11) is 0. The van der Waals surface area contributed by atoms with Crippen molar-refractivity contribution < 1.29 is 0 Å². The van der Waals surface area contributed by atoms with Crippen molar-refractivity contribution in [2.75, 3.05) is 9.80 Å². The molecule has 0 saturated heterocycles. The summed E-state index contributed by atoms with van der Waals surface area (Å²) in [6, 6.07) is 77.6. The van der Waals surface area contributed by atoms with Crippen LogP contribution in [0.25, 0.3) is 43.4 Å². The first-order valence-electron chi connectivity index (χ1n) is 19.1. The lowest BCUT2D eigenvalue weighted by molar-refractivity contribution is 1.27. The molecule has 0 bridgehead atoms. The zero-order chi connectivity index (χ0) is 36.3. The zero-order valence-electron chi connectivity index (χ0n) is 30.2. The number of fused-ring (bicyclic) bond motifs is 4. The van der Waals surface area contributed by atoms with Crippen LogP contribution in [0, 0.1) is 0 Å². The van der Waals surface area contributed by atoms with Gasteiger partial charge in [0, 0.05) is 38.9 Å². The fourth-order valence-corrected chi connectivity index (χ4v) is 9.17. The van der Waals surface area contributed by atoms with Gasteiger partial charge >= 0.3 is 0 Å². The molecule has 1 aliphatic rings. The van der Waals surface area contributed by atoms with Gasteiger partial charge < -0.3 is 9.80 Å². The minimum Gasteiger partial charge on any atom is -0.310 e. The standard InChI is InChI=1S/C52H35BN2/c1-6-18-37(19-7-1)53-46-29-17-16-28-42(46)51-45-33-32-44-49(55(40-24-12-4-13-25-40)41-26-14-5-15-27-41)35-48(43-31-30-36(34-47(51)53)50(45)52(43)44)54(38-20-8-2-9-21-38)39-22-10-3-11-23-39/h1-35H. The van der Waals surface area contributed by atoms with Crippen LogP contribution in [0.1, 0.15) is 0 Å². The van der Waals surface area contributed by atoms with Crippen molar-refractivity contribution in [2.24, 2.45) is 0 Å². The predicted molar refractivity (Wildman–Crippen MR) is 236 cm³/mol. The van der Waals surface area contributed by atoms with E-state index >= 15 is 0 Å². The Hall–Kier alpha value is -7.10. The van der Waals surface area contributed by atoms with Crippen molar-refractivity contribution >= 4 is 89.5 Å². The van der Waals surface area contributed by atoms with Crippen LogP contribution in [0.15, 0.2) is 212 Å². The van der Waals surface area contributed by atoms with Crippen molar-refractivity contribution in [1.29, 1.82) is 0 Å². The van der Waals surface area contributed by atoms with Gasteiger partial charge in [0.05, 0.1) is 11.4 Å². The van der Waals surface area contributed by atoms with Gasteiger partial charge in [0.15, 0.2) is 0 Å². The molecule has 55 heavy (non-hydrogen) atoms. The molecule has 0 aliphatic carbocycles. The summed E-state index contributed by atoms with van der Waals surface area (Å²) < 4.78 is 0. The SMILES string of the molecule is c1ccc(B2c3ccccc3-c3c2cc2ccc4c(N(c5ccccc5)c5ccccc5)cc(N(c5ccccc5)c5ccccc5)c5ccc3c2c45)cc1. The number of hydrogen-bond donors (Lipinski definition) is 0. The van der Waals surface area contributed by atoms with E-state index in [4.69, 9.17) is 0 Å². The van der Waals surface area contributed by atoms with E-state index < -0.39 is 0 Å². The molecule has 0 unspecified atom stereocenters. The van der Waals surface area contributed by atoms with E-state index in [1.807, 2.05) is 0 Å². The molecule has 0 N–H and O–H groups in total. The Balaban J connectivity index is 1.29. The maximum Gasteiger partial charge on any atom is 0.242 e. The van der Waals surface area contributed by atoms with E-state index in [-0.39, 0.29) is 6.71 Å². The molecule has 256 valence electrons. The first-order valence-corrected chi connectivity index (χ1v) is 19.1. The van der Waals surface area contributed by atoms with Gasteiger partial charge in [-0.2, -0.15) is 0 Å². The molecule has 10 aromatic rings. The topological polar surface area (TPSA) is 6.48 Å². The molecular weight excluding hydrogens is 663 g/mol. The molecule has 0 aromatic heterocycles. The van der Waals surface area contributed by atoms with Gasteiger partial charge in [0.2, 0.25) is 6.71 Å². The van der Waals surface area contributed by atoms with E-state index in [0.29, 0.717) is 0 Å². The van der Waals surface area contributed by atoms with Crippen LogP contribution in [-0.2, 0) is 0 Å². The Morgan fingerprint density at radius 3 is 1.29 bits per heavy atom. The third-order valence-corrected chi connectivity index (χ3v) is 11.4. The maximum absolute atomic E-state index is 2.48. The second-order valence-corrected chi connectivity index (χ2v) is 14.4. The average molecular weight is 699 g/mol. The zero-order valence-corrected chi connectivity index (χ0v) is 30.2. The predicted octanol–water partition coefficient (Wildman–Crippen LogP) is 12.0. The van der Waals surface area contributed by atoms with Gasteiger partial charge in [-0.3, -0.25) is 0 Å². The molecular formula is C52H35BN2. The quantitative estimate of drug-likeness (QED) is 0.121. The number of anilines is 6. The normalized spacial score (nSPS) is 12.0. The fourth-order valence-electron chi connectivity index (χ4n) is 9.17. The first kappa shape index (κ1) is 31.4. The minimum atomic E-state index is 0.179. The summed E-state index contributed by atoms with van der Waals surface area (Å²) in [5.74, 6) is 0. The van der Waals surface area contributed by atoms with Crippen LogP contribution in [0.2, 0.25) is 0 Å². The number of benzene rings is 10. The van der Waals surface area contributed by atoms with Gasteiger partial charge in [0.25, 0.3) is 0 Å². The maximum atomic E-state index is 2.48. The van der Waals surface area contributed by atoms with Crippen molar-refractivity contribution in [3.8, 4) is 11.1 Å². The summed E-state index contributed by atoms with van der Waals surface area (Å²) in [5.41, 5.74) is 13.5. The molecule has 0 saturated carbocycles. The van der Waals surface area contributed by atoms with E-state index in [2.05, 4.69) is 222 Å². The van der Waals surface area contributed by atoms with Crippen LogP contribution < -0.4 is 26.2 Å². The lowest BCUT2D eigenvalue weighted by Gasteiger charge is -2.32. The molecule has 0 atom stereocenters. The average Bonchev–Trinajstić information content (AvgIpc) is 3.59. The summed E-state index contributed by atoms with van der Waals surface area (Å²) in [6.45, 7) is 0.179. The molecule has 3 heteroatoms. The van der Waals surface area contributed by atoms with E-state index in [0.717, 1.165) is 34.1 Å². The Labute approximate surface area is 321 Å². The summed E-state index contributed by atoms with van der Waals surface area (Å²) in [6.07, 6.45) is 0. The Kier molecular flexibility index (Phi) is 7.31. The third-order valence-electron chi connectivity index (χ3n) is 11.4. The van der Waals surface area contributed by atoms with Crippen LogP contribution in [-0.4, -0.2) is 6.71 Å². The van der Waals surface area contributed by atoms with E-state index in [1.54, 1.807) is 0 Å². The highest BCUT2D eigenvalue weighted by molar-refractivity contribution is 6.99. The third kappa shape index (κ3) is 4.97. The molecule has 1 heterocycles. The highest BCUT2D eigenvalue weighted by Crippen LogP contribution is 2.51. The molecule has 1 aliphatic heterocycles. The Morgan fingerprint density at radius 2 is 0.764 bits per heavy atom. The van der Waals surface area contributed by atoms with Crippen molar-refractivity contribution in [1.82, 2.24) is 0 Å². The molecule has 11 rings (SSSR count). The lowest BCUT2D eigenvalue weighted by atomic mass is 9.39. The highest BCUT2D eigenvalue weighted by atomic mass is 15.2. The van der Waals surface area contributed by atoms with Gasteiger partial charge in [0.1, 0.15) is 0 Å². The minimum absolute atomic E-state index is 0.179. The monoisotopic (exact) mass is 698 g/mol. The molecule has 2 nitrogen and oxygen atoms in total. The first-order chi connectivity index (χ1) is 27.3. The van der Waals surface area contributed by atoms with Gasteiger partial charge in [-0.15, -0.1) is 0 Å². The van der Waals surface area contributed by atoms with E-state index in [1.165, 1.54) is 59.8 Å². The largest absolute Gasteiger partial charge is 0.310 e. The number of hydrogen-bond acceptors (Lipinski definition) is 2. The van der Waals surface area contributed by atoms with E-state index in [9.17, 15) is 0 Å². The smallest absolute Gasteiger partial charge is 0.242 e. The summed E-state index contributed by atoms with van der Waals surface area (Å²) >= 11 is 0. The van der Waals surface area contributed by atoms with Crippen LogP contribution in [0.5, 0.6) is 0 Å². The van der Waals surface area contributed by atoms with Crippen molar-refractivity contribution in [2.45, 2.75) is 0 Å². The van der Waals surface area contributed by atoms with Gasteiger partial charge in [-0.05, 0) is 81.9 Å². The second kappa shape index (κ2) is 12.8. The van der Waals surface area contributed by atoms with Crippen LogP contribution >= 0.6 is 0 Å². The molecule has 0 radical (unpaired) electrons. The molecule has 10 aromatic carbocycles.